The molecule has 1 aliphatic carbocycles. The van der Waals surface area contributed by atoms with Gasteiger partial charge in [0, 0.05) is 19.6 Å². The van der Waals surface area contributed by atoms with Crippen LogP contribution in [0.4, 0.5) is 0 Å². The first-order chi connectivity index (χ1) is 11.6. The van der Waals surface area contributed by atoms with Crippen LogP contribution < -0.4 is 0 Å². The molecule has 0 unspecified atom stereocenters. The van der Waals surface area contributed by atoms with E-state index in [1.165, 1.54) is 18.4 Å². The molecule has 0 atom stereocenters. The normalized spacial score (nSPS) is 20.8. The van der Waals surface area contributed by atoms with Crippen molar-refractivity contribution in [3.63, 3.8) is 0 Å². The smallest absolute Gasteiger partial charge is 0.254 e. The summed E-state index contributed by atoms with van der Waals surface area (Å²) in [5, 5.41) is 10.0. The predicted molar refractivity (Wildman–Crippen MR) is 95.5 cm³/mol. The van der Waals surface area contributed by atoms with Crippen LogP contribution in [0, 0.1) is 5.92 Å². The molecular formula is C20H30N2O2. The van der Waals surface area contributed by atoms with Crippen LogP contribution in [-0.2, 0) is 11.3 Å². The van der Waals surface area contributed by atoms with Crippen LogP contribution >= 0.6 is 0 Å². The van der Waals surface area contributed by atoms with Crippen LogP contribution in [-0.4, -0.2) is 52.6 Å². The van der Waals surface area contributed by atoms with Gasteiger partial charge in [-0.1, -0.05) is 30.3 Å². The van der Waals surface area contributed by atoms with Gasteiger partial charge in [0.05, 0.1) is 0 Å². The van der Waals surface area contributed by atoms with Crippen LogP contribution in [0.15, 0.2) is 30.3 Å². The van der Waals surface area contributed by atoms with E-state index in [1.807, 2.05) is 11.8 Å². The van der Waals surface area contributed by atoms with E-state index in [1.54, 1.807) is 0 Å². The van der Waals surface area contributed by atoms with Crippen LogP contribution in [0.25, 0.3) is 0 Å². The second kappa shape index (κ2) is 7.66. The van der Waals surface area contributed by atoms with Gasteiger partial charge in [-0.15, -0.1) is 0 Å². The number of hydrogen-bond donors (Lipinski definition) is 1. The van der Waals surface area contributed by atoms with Gasteiger partial charge in [0.15, 0.2) is 0 Å². The molecule has 0 spiro atoms. The molecule has 0 aromatic heterocycles. The second-order valence-electron chi connectivity index (χ2n) is 7.41. The summed E-state index contributed by atoms with van der Waals surface area (Å²) in [6.45, 7) is 6.83. The fraction of sp³-hybridized carbons (Fsp3) is 0.650. The van der Waals surface area contributed by atoms with E-state index < -0.39 is 5.60 Å². The van der Waals surface area contributed by atoms with Crippen LogP contribution in [0.2, 0.25) is 0 Å². The van der Waals surface area contributed by atoms with Gasteiger partial charge in [0.25, 0.3) is 5.91 Å². The van der Waals surface area contributed by atoms with Gasteiger partial charge in [0.2, 0.25) is 0 Å². The first-order valence-corrected chi connectivity index (χ1v) is 9.39. The number of piperidine rings is 1. The molecule has 3 rings (SSSR count). The van der Waals surface area contributed by atoms with E-state index in [2.05, 4.69) is 35.2 Å². The van der Waals surface area contributed by atoms with Crippen LogP contribution in [0.1, 0.15) is 44.6 Å². The Balaban J connectivity index is 1.39. The van der Waals surface area contributed by atoms with Gasteiger partial charge in [-0.3, -0.25) is 9.69 Å². The Morgan fingerprint density at radius 3 is 2.50 bits per heavy atom. The van der Waals surface area contributed by atoms with E-state index in [0.717, 1.165) is 32.6 Å². The maximum absolute atomic E-state index is 12.3. The third-order valence-corrected chi connectivity index (χ3v) is 5.55. The van der Waals surface area contributed by atoms with Crippen LogP contribution in [0.5, 0.6) is 0 Å². The van der Waals surface area contributed by atoms with Crippen molar-refractivity contribution in [2.24, 2.45) is 5.92 Å². The first kappa shape index (κ1) is 17.4. The van der Waals surface area contributed by atoms with Crippen molar-refractivity contribution in [3.8, 4) is 0 Å². The number of likely N-dealkylation sites (N-methyl/N-ethyl adjacent to an activating group) is 1. The van der Waals surface area contributed by atoms with Gasteiger partial charge >= 0.3 is 0 Å². The molecule has 4 heteroatoms. The molecule has 1 heterocycles. The molecule has 1 saturated heterocycles. The van der Waals surface area contributed by atoms with E-state index >= 15 is 0 Å². The van der Waals surface area contributed by atoms with Crippen molar-refractivity contribution in [3.05, 3.63) is 35.9 Å². The molecule has 1 aliphatic heterocycles. The Morgan fingerprint density at radius 1 is 1.25 bits per heavy atom. The summed E-state index contributed by atoms with van der Waals surface area (Å²) in [6.07, 6.45) is 4.76. The highest BCUT2D eigenvalue weighted by Gasteiger charge is 2.49. The lowest BCUT2D eigenvalue weighted by molar-refractivity contribution is -0.142. The van der Waals surface area contributed by atoms with Crippen molar-refractivity contribution >= 4 is 5.91 Å². The molecule has 1 N–H and O–H groups in total. The lowest BCUT2D eigenvalue weighted by atomic mass is 9.93. The molecule has 2 fully saturated rings. The summed E-state index contributed by atoms with van der Waals surface area (Å²) in [7, 11) is 0. The van der Waals surface area contributed by atoms with Crippen molar-refractivity contribution in [2.45, 2.75) is 51.2 Å². The maximum Gasteiger partial charge on any atom is 0.254 e. The zero-order valence-electron chi connectivity index (χ0n) is 14.8. The zero-order valence-corrected chi connectivity index (χ0v) is 14.8. The van der Waals surface area contributed by atoms with E-state index in [4.69, 9.17) is 0 Å². The van der Waals surface area contributed by atoms with Gasteiger partial charge in [-0.2, -0.15) is 0 Å². The molecule has 1 saturated carbocycles. The molecule has 24 heavy (non-hydrogen) atoms. The highest BCUT2D eigenvalue weighted by Crippen LogP contribution is 2.37. The summed E-state index contributed by atoms with van der Waals surface area (Å²) in [4.78, 5) is 16.6. The number of carbonyl (C=O) groups excluding carboxylic acids is 1. The molecule has 1 aromatic rings. The Hall–Kier alpha value is -1.39. The van der Waals surface area contributed by atoms with Crippen molar-refractivity contribution in [1.82, 2.24) is 9.80 Å². The number of amides is 1. The first-order valence-electron chi connectivity index (χ1n) is 9.39. The number of carbonyl (C=O) groups is 1. The number of aliphatic hydroxyl groups is 1. The van der Waals surface area contributed by atoms with Gasteiger partial charge in [-0.05, 0) is 63.6 Å². The summed E-state index contributed by atoms with van der Waals surface area (Å²) in [5.74, 6) is 0.652. The number of hydrogen-bond acceptors (Lipinski definition) is 3. The minimum Gasteiger partial charge on any atom is -0.380 e. The number of benzene rings is 1. The average molecular weight is 330 g/mol. The van der Waals surface area contributed by atoms with Gasteiger partial charge in [-0.25, -0.2) is 0 Å². The molecule has 1 amide bonds. The Morgan fingerprint density at radius 2 is 1.92 bits per heavy atom. The number of likely N-dealkylation sites (tertiary alicyclic amines) is 1. The van der Waals surface area contributed by atoms with Crippen molar-refractivity contribution < 1.29 is 9.90 Å². The maximum atomic E-state index is 12.3. The Kier molecular flexibility index (Phi) is 5.57. The minimum absolute atomic E-state index is 0.0495. The largest absolute Gasteiger partial charge is 0.380 e. The molecule has 2 aliphatic rings. The fourth-order valence-corrected chi connectivity index (χ4v) is 3.64. The lowest BCUT2D eigenvalue weighted by Crippen LogP contribution is -2.42. The summed E-state index contributed by atoms with van der Waals surface area (Å²) in [5.41, 5.74) is 0.367. The topological polar surface area (TPSA) is 43.8 Å². The van der Waals surface area contributed by atoms with Crippen molar-refractivity contribution in [2.75, 3.05) is 26.2 Å². The van der Waals surface area contributed by atoms with Gasteiger partial charge < -0.3 is 10.0 Å². The van der Waals surface area contributed by atoms with Crippen molar-refractivity contribution in [1.29, 1.82) is 0 Å². The highest BCUT2D eigenvalue weighted by molar-refractivity contribution is 5.87. The summed E-state index contributed by atoms with van der Waals surface area (Å²) < 4.78 is 0. The highest BCUT2D eigenvalue weighted by atomic mass is 16.3. The Bertz CT molecular complexity index is 534. The second-order valence-corrected chi connectivity index (χ2v) is 7.41. The number of nitrogens with zero attached hydrogens (tertiary/aromatic N) is 2. The fourth-order valence-electron chi connectivity index (χ4n) is 3.64. The summed E-state index contributed by atoms with van der Waals surface area (Å²) in [6, 6.07) is 10.7. The third kappa shape index (κ3) is 4.37. The predicted octanol–water partition coefficient (Wildman–Crippen LogP) is 2.66. The number of rotatable bonds is 7. The lowest BCUT2D eigenvalue weighted by Gasteiger charge is -2.33. The molecule has 4 nitrogen and oxygen atoms in total. The minimum atomic E-state index is -1.02. The molecule has 0 radical (unpaired) electrons. The van der Waals surface area contributed by atoms with Crippen LogP contribution in [0.3, 0.4) is 0 Å². The SMILES string of the molecule is CCN(CCC1CCN(Cc2ccccc2)CC1)C(=O)C1(O)CC1. The standard InChI is InChI=1S/C20H30N2O2/c1-2-22(19(23)20(24)11-12-20)15-10-17-8-13-21(14-9-17)16-18-6-4-3-5-7-18/h3-7,17,24H,2,8-16H2,1H3. The van der Waals surface area contributed by atoms with Gasteiger partial charge in [0.1, 0.15) is 5.60 Å². The molecule has 132 valence electrons. The monoisotopic (exact) mass is 330 g/mol. The van der Waals surface area contributed by atoms with E-state index in [-0.39, 0.29) is 5.91 Å². The average Bonchev–Trinajstić information content (AvgIpc) is 3.36. The van der Waals surface area contributed by atoms with E-state index in [9.17, 15) is 9.90 Å². The third-order valence-electron chi connectivity index (χ3n) is 5.55. The quantitative estimate of drug-likeness (QED) is 0.836. The molecule has 0 bridgehead atoms. The Labute approximate surface area is 145 Å². The summed E-state index contributed by atoms with van der Waals surface area (Å²) >= 11 is 0. The molecule has 1 aromatic carbocycles. The zero-order chi connectivity index (χ0) is 17.0. The van der Waals surface area contributed by atoms with E-state index in [0.29, 0.717) is 25.3 Å². The molecular weight excluding hydrogens is 300 g/mol.